The van der Waals surface area contributed by atoms with Crippen LogP contribution in [0.3, 0.4) is 0 Å². The summed E-state index contributed by atoms with van der Waals surface area (Å²) in [6.07, 6.45) is 5.69. The van der Waals surface area contributed by atoms with E-state index in [0.29, 0.717) is 12.0 Å². The highest BCUT2D eigenvalue weighted by atomic mass is 16.5. The van der Waals surface area contributed by atoms with E-state index in [4.69, 9.17) is 4.52 Å². The molecule has 4 heteroatoms. The highest BCUT2D eigenvalue weighted by Crippen LogP contribution is 2.33. The molecule has 0 aromatic carbocycles. The molecule has 1 aliphatic rings. The van der Waals surface area contributed by atoms with Gasteiger partial charge in [-0.1, -0.05) is 25.4 Å². The van der Waals surface area contributed by atoms with Crippen molar-refractivity contribution in [2.24, 2.45) is 0 Å². The third kappa shape index (κ3) is 2.43. The molecule has 2 unspecified atom stereocenters. The van der Waals surface area contributed by atoms with Crippen LogP contribution in [0.5, 0.6) is 0 Å². The lowest BCUT2D eigenvalue weighted by Crippen LogP contribution is -2.31. The molecule has 0 saturated heterocycles. The average molecular weight is 223 g/mol. The smallest absolute Gasteiger partial charge is 0.231 e. The van der Waals surface area contributed by atoms with Crippen molar-refractivity contribution in [2.45, 2.75) is 57.9 Å². The number of nitrogens with zero attached hydrogens (tertiary/aromatic N) is 2. The van der Waals surface area contributed by atoms with Crippen molar-refractivity contribution in [1.29, 1.82) is 0 Å². The number of rotatable bonds is 5. The van der Waals surface area contributed by atoms with Gasteiger partial charge in [0.15, 0.2) is 5.82 Å². The van der Waals surface area contributed by atoms with Crippen LogP contribution in [0, 0.1) is 0 Å². The molecule has 1 aromatic heterocycles. The molecule has 0 spiro atoms. The lowest BCUT2D eigenvalue weighted by molar-refractivity contribution is 0.328. The van der Waals surface area contributed by atoms with Crippen LogP contribution >= 0.6 is 0 Å². The van der Waals surface area contributed by atoms with Crippen molar-refractivity contribution in [1.82, 2.24) is 15.5 Å². The minimum absolute atomic E-state index is 0.430. The van der Waals surface area contributed by atoms with E-state index in [0.717, 1.165) is 24.7 Å². The largest absolute Gasteiger partial charge is 0.339 e. The molecule has 1 fully saturated rings. The van der Waals surface area contributed by atoms with E-state index in [2.05, 4.69) is 29.3 Å². The van der Waals surface area contributed by atoms with E-state index in [1.807, 2.05) is 0 Å². The molecule has 90 valence electrons. The molecule has 1 aliphatic carbocycles. The summed E-state index contributed by atoms with van der Waals surface area (Å²) in [4.78, 5) is 4.45. The maximum Gasteiger partial charge on any atom is 0.231 e. The topological polar surface area (TPSA) is 51.0 Å². The number of hydrogen-bond acceptors (Lipinski definition) is 4. The first kappa shape index (κ1) is 11.6. The van der Waals surface area contributed by atoms with E-state index < -0.39 is 0 Å². The first-order valence-corrected chi connectivity index (χ1v) is 6.41. The summed E-state index contributed by atoms with van der Waals surface area (Å²) in [6, 6.07) is 0.533. The summed E-state index contributed by atoms with van der Waals surface area (Å²) in [7, 11) is 0. The SMILES string of the molecule is CCCNC1CCCC1c1nc(CC)no1. The molecule has 1 N–H and O–H groups in total. The highest BCUT2D eigenvalue weighted by molar-refractivity contribution is 5.02. The van der Waals surface area contributed by atoms with E-state index in [1.54, 1.807) is 0 Å². The molecule has 1 saturated carbocycles. The van der Waals surface area contributed by atoms with Gasteiger partial charge in [0.2, 0.25) is 5.89 Å². The summed E-state index contributed by atoms with van der Waals surface area (Å²) >= 11 is 0. The zero-order valence-electron chi connectivity index (χ0n) is 10.2. The molecule has 0 amide bonds. The van der Waals surface area contributed by atoms with Gasteiger partial charge < -0.3 is 9.84 Å². The summed E-state index contributed by atoms with van der Waals surface area (Å²) in [5, 5.41) is 7.56. The van der Waals surface area contributed by atoms with Crippen LogP contribution in [0.15, 0.2) is 4.52 Å². The fourth-order valence-electron chi connectivity index (χ4n) is 2.39. The minimum atomic E-state index is 0.430. The summed E-state index contributed by atoms with van der Waals surface area (Å²) in [5.74, 6) is 2.10. The Morgan fingerprint density at radius 2 is 2.25 bits per heavy atom. The minimum Gasteiger partial charge on any atom is -0.339 e. The van der Waals surface area contributed by atoms with Gasteiger partial charge in [-0.25, -0.2) is 0 Å². The molecule has 0 aliphatic heterocycles. The third-order valence-corrected chi connectivity index (χ3v) is 3.29. The molecule has 0 bridgehead atoms. The molecule has 2 rings (SSSR count). The first-order chi connectivity index (χ1) is 7.85. The quantitative estimate of drug-likeness (QED) is 0.832. The van der Waals surface area contributed by atoms with Crippen LogP contribution in [0.2, 0.25) is 0 Å². The molecule has 16 heavy (non-hydrogen) atoms. The number of nitrogens with one attached hydrogen (secondary N) is 1. The fourth-order valence-corrected chi connectivity index (χ4v) is 2.39. The van der Waals surface area contributed by atoms with Gasteiger partial charge in [-0.3, -0.25) is 0 Å². The van der Waals surface area contributed by atoms with Gasteiger partial charge in [0.25, 0.3) is 0 Å². The molecule has 2 atom stereocenters. The maximum absolute atomic E-state index is 5.35. The Bertz CT molecular complexity index is 324. The number of hydrogen-bond donors (Lipinski definition) is 1. The number of aryl methyl sites for hydroxylation is 1. The van der Waals surface area contributed by atoms with Crippen LogP contribution in [0.25, 0.3) is 0 Å². The van der Waals surface area contributed by atoms with Gasteiger partial charge in [0, 0.05) is 12.5 Å². The van der Waals surface area contributed by atoms with E-state index >= 15 is 0 Å². The Labute approximate surface area is 96.8 Å². The highest BCUT2D eigenvalue weighted by Gasteiger charge is 2.32. The zero-order chi connectivity index (χ0) is 11.4. The van der Waals surface area contributed by atoms with Gasteiger partial charge in [0.1, 0.15) is 0 Å². The molecular weight excluding hydrogens is 202 g/mol. The van der Waals surface area contributed by atoms with Gasteiger partial charge in [0.05, 0.1) is 5.92 Å². The molecule has 1 heterocycles. The van der Waals surface area contributed by atoms with Gasteiger partial charge in [-0.2, -0.15) is 4.98 Å². The summed E-state index contributed by atoms with van der Waals surface area (Å²) in [6.45, 7) is 5.32. The van der Waals surface area contributed by atoms with E-state index in [1.165, 1.54) is 25.7 Å². The Balaban J connectivity index is 2.01. The normalized spacial score (nSPS) is 25.1. The second-order valence-electron chi connectivity index (χ2n) is 4.50. The van der Waals surface area contributed by atoms with Crippen LogP contribution in [-0.4, -0.2) is 22.7 Å². The molecular formula is C12H21N3O. The lowest BCUT2D eigenvalue weighted by Gasteiger charge is -2.17. The first-order valence-electron chi connectivity index (χ1n) is 6.41. The van der Waals surface area contributed by atoms with Crippen LogP contribution < -0.4 is 5.32 Å². The Hall–Kier alpha value is -0.900. The maximum atomic E-state index is 5.35. The van der Waals surface area contributed by atoms with Gasteiger partial charge in [-0.05, 0) is 25.8 Å². The molecule has 4 nitrogen and oxygen atoms in total. The molecule has 1 aromatic rings. The second kappa shape index (κ2) is 5.43. The number of aromatic nitrogens is 2. The van der Waals surface area contributed by atoms with Gasteiger partial charge in [-0.15, -0.1) is 0 Å². The standard InChI is InChI=1S/C12H21N3O/c1-3-8-13-10-7-5-6-9(10)12-14-11(4-2)15-16-12/h9-10,13H,3-8H2,1-2H3. The van der Waals surface area contributed by atoms with Crippen LogP contribution in [0.1, 0.15) is 57.2 Å². The fraction of sp³-hybridized carbons (Fsp3) is 0.833. The van der Waals surface area contributed by atoms with Crippen LogP contribution in [0.4, 0.5) is 0 Å². The van der Waals surface area contributed by atoms with Gasteiger partial charge >= 0.3 is 0 Å². The average Bonchev–Trinajstić information content (AvgIpc) is 2.94. The second-order valence-corrected chi connectivity index (χ2v) is 4.50. The van der Waals surface area contributed by atoms with Crippen LogP contribution in [-0.2, 0) is 6.42 Å². The van der Waals surface area contributed by atoms with Crippen molar-refractivity contribution in [3.8, 4) is 0 Å². The van der Waals surface area contributed by atoms with Crippen molar-refractivity contribution >= 4 is 0 Å². The van der Waals surface area contributed by atoms with E-state index in [9.17, 15) is 0 Å². The lowest BCUT2D eigenvalue weighted by atomic mass is 10.0. The Morgan fingerprint density at radius 3 is 2.94 bits per heavy atom. The van der Waals surface area contributed by atoms with Crippen molar-refractivity contribution < 1.29 is 4.52 Å². The van der Waals surface area contributed by atoms with Crippen molar-refractivity contribution in [3.05, 3.63) is 11.7 Å². The third-order valence-electron chi connectivity index (χ3n) is 3.29. The monoisotopic (exact) mass is 223 g/mol. The Morgan fingerprint density at radius 1 is 1.38 bits per heavy atom. The summed E-state index contributed by atoms with van der Waals surface area (Å²) in [5.41, 5.74) is 0. The summed E-state index contributed by atoms with van der Waals surface area (Å²) < 4.78 is 5.35. The zero-order valence-corrected chi connectivity index (χ0v) is 10.2. The van der Waals surface area contributed by atoms with Crippen molar-refractivity contribution in [2.75, 3.05) is 6.54 Å². The molecule has 0 radical (unpaired) electrons. The Kier molecular flexibility index (Phi) is 3.93. The van der Waals surface area contributed by atoms with Crippen molar-refractivity contribution in [3.63, 3.8) is 0 Å². The predicted molar refractivity (Wildman–Crippen MR) is 62.3 cm³/mol. The predicted octanol–water partition coefficient (Wildman–Crippen LogP) is 2.27. The van der Waals surface area contributed by atoms with E-state index in [-0.39, 0.29) is 0 Å².